The summed E-state index contributed by atoms with van der Waals surface area (Å²) >= 11 is 0. The zero-order valence-electron chi connectivity index (χ0n) is 12.7. The van der Waals surface area contributed by atoms with Crippen LogP contribution in [0.3, 0.4) is 0 Å². The van der Waals surface area contributed by atoms with Crippen molar-refractivity contribution in [2.75, 3.05) is 27.2 Å². The highest BCUT2D eigenvalue weighted by molar-refractivity contribution is 5.38. The Morgan fingerprint density at radius 2 is 2.15 bits per heavy atom. The first-order valence-corrected chi connectivity index (χ1v) is 7.30. The van der Waals surface area contributed by atoms with Gasteiger partial charge in [0.05, 0.1) is 5.60 Å². The molecule has 2 rings (SSSR count). The zero-order chi connectivity index (χ0) is 14.8. The van der Waals surface area contributed by atoms with Crippen LogP contribution in [0.5, 0.6) is 5.75 Å². The average Bonchev–Trinajstić information content (AvgIpc) is 2.35. The number of aryl methyl sites for hydroxylation is 1. The predicted molar refractivity (Wildman–Crippen MR) is 81.0 cm³/mol. The van der Waals surface area contributed by atoms with E-state index in [1.165, 1.54) is 11.1 Å². The molecule has 2 atom stereocenters. The summed E-state index contributed by atoms with van der Waals surface area (Å²) in [4.78, 5) is 1.99. The number of benzene rings is 1. The summed E-state index contributed by atoms with van der Waals surface area (Å²) in [6.07, 6.45) is 3.27. The van der Waals surface area contributed by atoms with Crippen LogP contribution in [0.25, 0.3) is 0 Å². The second-order valence-electron chi connectivity index (χ2n) is 6.44. The van der Waals surface area contributed by atoms with E-state index in [0.717, 1.165) is 19.3 Å². The number of phenolic OH excluding ortho intramolecular Hbond substituents is 1. The van der Waals surface area contributed by atoms with Crippen LogP contribution in [0.15, 0.2) is 18.2 Å². The van der Waals surface area contributed by atoms with Gasteiger partial charge in [0.15, 0.2) is 0 Å². The van der Waals surface area contributed by atoms with Gasteiger partial charge >= 0.3 is 0 Å². The summed E-state index contributed by atoms with van der Waals surface area (Å²) in [6, 6.07) is 5.84. The van der Waals surface area contributed by atoms with E-state index in [9.17, 15) is 10.2 Å². The van der Waals surface area contributed by atoms with Crippen LogP contribution >= 0.6 is 0 Å². The van der Waals surface area contributed by atoms with Gasteiger partial charge in [-0.15, -0.1) is 0 Å². The van der Waals surface area contributed by atoms with E-state index < -0.39 is 5.60 Å². The van der Waals surface area contributed by atoms with Crippen molar-refractivity contribution in [2.45, 2.75) is 37.8 Å². The van der Waals surface area contributed by atoms with Crippen molar-refractivity contribution >= 4 is 0 Å². The Bertz CT molecular complexity index is 458. The lowest BCUT2D eigenvalue weighted by Crippen LogP contribution is -2.46. The summed E-state index contributed by atoms with van der Waals surface area (Å²) in [6.45, 7) is 3.02. The molecule has 4 heteroatoms. The monoisotopic (exact) mass is 278 g/mol. The number of hydrogen-bond donors (Lipinski definition) is 3. The van der Waals surface area contributed by atoms with E-state index in [1.54, 1.807) is 6.07 Å². The maximum Gasteiger partial charge on any atom is 0.115 e. The Kier molecular flexibility index (Phi) is 4.68. The predicted octanol–water partition coefficient (Wildman–Crippen LogP) is 1.67. The van der Waals surface area contributed by atoms with E-state index >= 15 is 0 Å². The third-order valence-electron chi connectivity index (χ3n) is 3.83. The molecule has 0 saturated carbocycles. The first kappa shape index (κ1) is 15.3. The number of phenols is 1. The van der Waals surface area contributed by atoms with Gasteiger partial charge in [-0.2, -0.15) is 0 Å². The minimum Gasteiger partial charge on any atom is -0.508 e. The maximum absolute atomic E-state index is 10.4. The number of fused-ring (bicyclic) bond motifs is 1. The Hall–Kier alpha value is -1.10. The van der Waals surface area contributed by atoms with Gasteiger partial charge in [-0.3, -0.25) is 0 Å². The van der Waals surface area contributed by atoms with Crippen molar-refractivity contribution in [1.29, 1.82) is 0 Å². The molecular formula is C16H26N2O2. The summed E-state index contributed by atoms with van der Waals surface area (Å²) in [5.74, 6) is 0.317. The Balaban J connectivity index is 2.03. The lowest BCUT2D eigenvalue weighted by molar-refractivity contribution is 0.0307. The lowest BCUT2D eigenvalue weighted by atomic mass is 9.87. The van der Waals surface area contributed by atoms with Gasteiger partial charge in [0, 0.05) is 19.1 Å². The van der Waals surface area contributed by atoms with Crippen LogP contribution in [0.1, 0.15) is 36.9 Å². The molecule has 0 saturated heterocycles. The SMILES string of the molecule is CN(C)CC(C)(O)CNC1CCCc2ccc(O)cc21. The molecule has 0 heterocycles. The third-order valence-corrected chi connectivity index (χ3v) is 3.83. The number of hydrogen-bond acceptors (Lipinski definition) is 4. The second-order valence-corrected chi connectivity index (χ2v) is 6.44. The van der Waals surface area contributed by atoms with Crippen LogP contribution in [-0.2, 0) is 6.42 Å². The summed E-state index contributed by atoms with van der Waals surface area (Å²) in [7, 11) is 3.92. The van der Waals surface area contributed by atoms with Gasteiger partial charge in [-0.05, 0) is 63.5 Å². The number of rotatable bonds is 5. The van der Waals surface area contributed by atoms with Crippen molar-refractivity contribution in [3.8, 4) is 5.75 Å². The molecule has 1 aliphatic carbocycles. The molecule has 1 aromatic rings. The van der Waals surface area contributed by atoms with Gasteiger partial charge in [0.1, 0.15) is 5.75 Å². The van der Waals surface area contributed by atoms with Crippen molar-refractivity contribution < 1.29 is 10.2 Å². The van der Waals surface area contributed by atoms with Gasteiger partial charge in [-0.25, -0.2) is 0 Å². The fourth-order valence-corrected chi connectivity index (χ4v) is 3.08. The number of nitrogens with zero attached hydrogens (tertiary/aromatic N) is 1. The third kappa shape index (κ3) is 3.95. The molecule has 0 amide bonds. The standard InChI is InChI=1S/C16H26N2O2/c1-16(20,11-18(2)3)10-17-15-6-4-5-12-7-8-13(19)9-14(12)15/h7-9,15,17,19-20H,4-6,10-11H2,1-3H3. The molecule has 0 bridgehead atoms. The highest BCUT2D eigenvalue weighted by atomic mass is 16.3. The van der Waals surface area contributed by atoms with Crippen LogP contribution in [-0.4, -0.2) is 47.9 Å². The van der Waals surface area contributed by atoms with Crippen LogP contribution in [0, 0.1) is 0 Å². The van der Waals surface area contributed by atoms with E-state index in [-0.39, 0.29) is 6.04 Å². The van der Waals surface area contributed by atoms with Crippen molar-refractivity contribution in [2.24, 2.45) is 0 Å². The fourth-order valence-electron chi connectivity index (χ4n) is 3.08. The smallest absolute Gasteiger partial charge is 0.115 e. The first-order valence-electron chi connectivity index (χ1n) is 7.30. The van der Waals surface area contributed by atoms with Crippen LogP contribution in [0.2, 0.25) is 0 Å². The number of aliphatic hydroxyl groups is 1. The highest BCUT2D eigenvalue weighted by Gasteiger charge is 2.25. The fraction of sp³-hybridized carbons (Fsp3) is 0.625. The molecule has 2 unspecified atom stereocenters. The Morgan fingerprint density at radius 1 is 1.40 bits per heavy atom. The molecule has 0 spiro atoms. The molecule has 0 radical (unpaired) electrons. The Labute approximate surface area is 121 Å². The van der Waals surface area contributed by atoms with Crippen LogP contribution < -0.4 is 5.32 Å². The Morgan fingerprint density at radius 3 is 2.85 bits per heavy atom. The van der Waals surface area contributed by atoms with Gasteiger partial charge in [-0.1, -0.05) is 6.07 Å². The quantitative estimate of drug-likeness (QED) is 0.767. The summed E-state index contributed by atoms with van der Waals surface area (Å²) < 4.78 is 0. The van der Waals surface area contributed by atoms with E-state index in [0.29, 0.717) is 18.8 Å². The number of aromatic hydroxyl groups is 1. The largest absolute Gasteiger partial charge is 0.508 e. The number of nitrogens with one attached hydrogen (secondary N) is 1. The molecule has 112 valence electrons. The molecule has 1 aliphatic rings. The molecule has 3 N–H and O–H groups in total. The normalized spacial score (nSPS) is 21.6. The van der Waals surface area contributed by atoms with E-state index in [1.807, 2.05) is 38.1 Å². The van der Waals surface area contributed by atoms with E-state index in [2.05, 4.69) is 5.32 Å². The average molecular weight is 278 g/mol. The van der Waals surface area contributed by atoms with E-state index in [4.69, 9.17) is 0 Å². The summed E-state index contributed by atoms with van der Waals surface area (Å²) in [5.41, 5.74) is 1.73. The highest BCUT2D eigenvalue weighted by Crippen LogP contribution is 2.32. The topological polar surface area (TPSA) is 55.7 Å². The minimum absolute atomic E-state index is 0.222. The molecule has 4 nitrogen and oxygen atoms in total. The van der Waals surface area contributed by atoms with Crippen molar-refractivity contribution in [3.63, 3.8) is 0 Å². The lowest BCUT2D eigenvalue weighted by Gasteiger charge is -2.32. The van der Waals surface area contributed by atoms with Gasteiger partial charge in [0.25, 0.3) is 0 Å². The minimum atomic E-state index is -0.752. The molecule has 20 heavy (non-hydrogen) atoms. The van der Waals surface area contributed by atoms with Crippen molar-refractivity contribution in [3.05, 3.63) is 29.3 Å². The van der Waals surface area contributed by atoms with Gasteiger partial charge < -0.3 is 20.4 Å². The molecule has 1 aromatic carbocycles. The maximum atomic E-state index is 10.4. The number of likely N-dealkylation sites (N-methyl/N-ethyl adjacent to an activating group) is 1. The van der Waals surface area contributed by atoms with Gasteiger partial charge in [0.2, 0.25) is 0 Å². The molecule has 0 aliphatic heterocycles. The second kappa shape index (κ2) is 6.12. The first-order chi connectivity index (χ1) is 9.37. The van der Waals surface area contributed by atoms with Crippen LogP contribution in [0.4, 0.5) is 0 Å². The molecule has 0 aromatic heterocycles. The molecular weight excluding hydrogens is 252 g/mol. The summed E-state index contributed by atoms with van der Waals surface area (Å²) in [5, 5.41) is 23.5. The zero-order valence-corrected chi connectivity index (χ0v) is 12.7. The van der Waals surface area contributed by atoms with Crippen molar-refractivity contribution in [1.82, 2.24) is 10.2 Å². The molecule has 0 fully saturated rings.